The van der Waals surface area contributed by atoms with Gasteiger partial charge in [0, 0.05) is 19.3 Å². The third kappa shape index (κ3) is 2.95. The summed E-state index contributed by atoms with van der Waals surface area (Å²) in [5.74, 6) is 0.648. The fourth-order valence-corrected chi connectivity index (χ4v) is 1.96. The van der Waals surface area contributed by atoms with Crippen molar-refractivity contribution in [2.75, 3.05) is 25.0 Å². The Bertz CT molecular complexity index is 361. The second-order valence-corrected chi connectivity index (χ2v) is 4.68. The van der Waals surface area contributed by atoms with Gasteiger partial charge in [-0.1, -0.05) is 0 Å². The number of hydrogen-bond donors (Lipinski definition) is 1. The van der Waals surface area contributed by atoms with E-state index in [0.29, 0.717) is 6.54 Å². The molecule has 1 aromatic rings. The van der Waals surface area contributed by atoms with Crippen LogP contribution in [0.3, 0.4) is 0 Å². The van der Waals surface area contributed by atoms with Crippen LogP contribution in [0.1, 0.15) is 18.4 Å². The molecule has 1 saturated carbocycles. The Morgan fingerprint density at radius 1 is 1.38 bits per heavy atom. The maximum absolute atomic E-state index is 13.4. The van der Waals surface area contributed by atoms with Gasteiger partial charge in [-0.3, -0.25) is 0 Å². The first-order valence-corrected chi connectivity index (χ1v) is 5.89. The van der Waals surface area contributed by atoms with Crippen molar-refractivity contribution in [1.82, 2.24) is 0 Å². The first kappa shape index (κ1) is 11.4. The van der Waals surface area contributed by atoms with E-state index >= 15 is 0 Å². The molecule has 0 atom stereocenters. The lowest BCUT2D eigenvalue weighted by atomic mass is 10.1. The summed E-state index contributed by atoms with van der Waals surface area (Å²) in [4.78, 5) is 2.14. The van der Waals surface area contributed by atoms with E-state index in [2.05, 4.69) is 4.90 Å². The Kier molecular flexibility index (Phi) is 3.44. The zero-order valence-electron chi connectivity index (χ0n) is 9.75. The van der Waals surface area contributed by atoms with Gasteiger partial charge < -0.3 is 10.6 Å². The summed E-state index contributed by atoms with van der Waals surface area (Å²) in [5, 5.41) is 0. The molecular weight excluding hydrogens is 203 g/mol. The maximum atomic E-state index is 13.4. The van der Waals surface area contributed by atoms with Crippen molar-refractivity contribution in [3.63, 3.8) is 0 Å². The highest BCUT2D eigenvalue weighted by Crippen LogP contribution is 2.31. The van der Waals surface area contributed by atoms with Crippen LogP contribution in [0.5, 0.6) is 0 Å². The molecule has 88 valence electrons. The molecule has 3 heteroatoms. The zero-order chi connectivity index (χ0) is 11.5. The summed E-state index contributed by atoms with van der Waals surface area (Å²) < 4.78 is 13.4. The summed E-state index contributed by atoms with van der Waals surface area (Å²) in [5.41, 5.74) is 7.45. The van der Waals surface area contributed by atoms with Crippen molar-refractivity contribution in [3.8, 4) is 0 Å². The van der Waals surface area contributed by atoms with Gasteiger partial charge in [-0.05, 0) is 55.5 Å². The predicted octanol–water partition coefficient (Wildman–Crippen LogP) is 2.17. The third-order valence-corrected chi connectivity index (χ3v) is 3.05. The Balaban J connectivity index is 2.11. The SMILES string of the molecule is CN(CC1CC1)c1cc(F)cc(CCN)c1. The van der Waals surface area contributed by atoms with E-state index in [1.54, 1.807) is 12.1 Å². The highest BCUT2D eigenvalue weighted by atomic mass is 19.1. The van der Waals surface area contributed by atoms with Gasteiger partial charge in [0.05, 0.1) is 0 Å². The molecule has 0 spiro atoms. The standard InChI is InChI=1S/C13H19FN2/c1-16(9-10-2-3-10)13-7-11(4-5-15)6-12(14)8-13/h6-8,10H,2-5,9,15H2,1H3. The Hall–Kier alpha value is -1.09. The highest BCUT2D eigenvalue weighted by molar-refractivity contribution is 5.48. The average molecular weight is 222 g/mol. The summed E-state index contributed by atoms with van der Waals surface area (Å²) in [6.07, 6.45) is 3.37. The Labute approximate surface area is 96.2 Å². The molecule has 0 heterocycles. The Morgan fingerprint density at radius 3 is 2.75 bits per heavy atom. The molecule has 1 aliphatic carbocycles. The van der Waals surface area contributed by atoms with E-state index in [4.69, 9.17) is 5.73 Å². The van der Waals surface area contributed by atoms with E-state index < -0.39 is 0 Å². The van der Waals surface area contributed by atoms with Gasteiger partial charge in [0.25, 0.3) is 0 Å². The smallest absolute Gasteiger partial charge is 0.125 e. The lowest BCUT2D eigenvalue weighted by Crippen LogP contribution is -2.20. The number of hydrogen-bond acceptors (Lipinski definition) is 2. The fraction of sp³-hybridized carbons (Fsp3) is 0.538. The van der Waals surface area contributed by atoms with Gasteiger partial charge in [0.15, 0.2) is 0 Å². The molecule has 16 heavy (non-hydrogen) atoms. The minimum Gasteiger partial charge on any atom is -0.374 e. The van der Waals surface area contributed by atoms with Crippen molar-refractivity contribution in [2.24, 2.45) is 11.7 Å². The van der Waals surface area contributed by atoms with Gasteiger partial charge in [0.1, 0.15) is 5.82 Å². The molecule has 0 saturated heterocycles. The molecule has 0 aromatic heterocycles. The molecule has 2 nitrogen and oxygen atoms in total. The molecule has 1 aliphatic rings. The molecule has 2 N–H and O–H groups in total. The molecule has 0 unspecified atom stereocenters. The first-order chi connectivity index (χ1) is 7.69. The summed E-state index contributed by atoms with van der Waals surface area (Å²) in [6, 6.07) is 5.21. The van der Waals surface area contributed by atoms with Crippen molar-refractivity contribution >= 4 is 5.69 Å². The lowest BCUT2D eigenvalue weighted by Gasteiger charge is -2.20. The number of rotatable bonds is 5. The molecule has 2 rings (SSSR count). The third-order valence-electron chi connectivity index (χ3n) is 3.05. The fourth-order valence-electron chi connectivity index (χ4n) is 1.96. The normalized spacial score (nSPS) is 15.2. The second kappa shape index (κ2) is 4.83. The van der Waals surface area contributed by atoms with Crippen LogP contribution in [0.2, 0.25) is 0 Å². The van der Waals surface area contributed by atoms with Gasteiger partial charge >= 0.3 is 0 Å². The zero-order valence-corrected chi connectivity index (χ0v) is 9.75. The van der Waals surface area contributed by atoms with Gasteiger partial charge in [-0.15, -0.1) is 0 Å². The largest absolute Gasteiger partial charge is 0.374 e. The van der Waals surface area contributed by atoms with Crippen LogP contribution in [0, 0.1) is 11.7 Å². The maximum Gasteiger partial charge on any atom is 0.125 e. The number of anilines is 1. The van der Waals surface area contributed by atoms with Crippen LogP contribution in [-0.4, -0.2) is 20.1 Å². The van der Waals surface area contributed by atoms with Crippen LogP contribution < -0.4 is 10.6 Å². The molecule has 1 aromatic carbocycles. The van der Waals surface area contributed by atoms with E-state index in [9.17, 15) is 4.39 Å². The van der Waals surface area contributed by atoms with Crippen LogP contribution in [0.25, 0.3) is 0 Å². The summed E-state index contributed by atoms with van der Waals surface area (Å²) in [6.45, 7) is 1.60. The Morgan fingerprint density at radius 2 is 2.12 bits per heavy atom. The molecule has 0 bridgehead atoms. The minimum atomic E-state index is -0.163. The van der Waals surface area contributed by atoms with Crippen molar-refractivity contribution in [3.05, 3.63) is 29.6 Å². The van der Waals surface area contributed by atoms with Crippen LogP contribution >= 0.6 is 0 Å². The summed E-state index contributed by atoms with van der Waals surface area (Å²) in [7, 11) is 2.03. The number of benzene rings is 1. The van der Waals surface area contributed by atoms with Gasteiger partial charge in [0.2, 0.25) is 0 Å². The quantitative estimate of drug-likeness (QED) is 0.827. The number of nitrogens with zero attached hydrogens (tertiary/aromatic N) is 1. The van der Waals surface area contributed by atoms with E-state index in [1.807, 2.05) is 13.1 Å². The lowest BCUT2D eigenvalue weighted by molar-refractivity contribution is 0.624. The van der Waals surface area contributed by atoms with Crippen LogP contribution in [0.4, 0.5) is 10.1 Å². The highest BCUT2D eigenvalue weighted by Gasteiger charge is 2.23. The van der Waals surface area contributed by atoms with Crippen LogP contribution in [-0.2, 0) is 6.42 Å². The van der Waals surface area contributed by atoms with Crippen molar-refractivity contribution in [2.45, 2.75) is 19.3 Å². The molecule has 1 fully saturated rings. The minimum absolute atomic E-state index is 0.163. The van der Waals surface area contributed by atoms with Crippen molar-refractivity contribution in [1.29, 1.82) is 0 Å². The first-order valence-electron chi connectivity index (χ1n) is 5.89. The molecular formula is C13H19FN2. The monoisotopic (exact) mass is 222 g/mol. The molecule has 0 aliphatic heterocycles. The van der Waals surface area contributed by atoms with Crippen molar-refractivity contribution < 1.29 is 4.39 Å². The van der Waals surface area contributed by atoms with E-state index in [1.165, 1.54) is 12.8 Å². The summed E-state index contributed by atoms with van der Waals surface area (Å²) >= 11 is 0. The predicted molar refractivity (Wildman–Crippen MR) is 65.2 cm³/mol. The number of nitrogens with two attached hydrogens (primary N) is 1. The van der Waals surface area contributed by atoms with Gasteiger partial charge in [-0.25, -0.2) is 4.39 Å². The second-order valence-electron chi connectivity index (χ2n) is 4.68. The molecule has 0 radical (unpaired) electrons. The molecule has 0 amide bonds. The average Bonchev–Trinajstić information content (AvgIpc) is 3.01. The van der Waals surface area contributed by atoms with E-state index in [0.717, 1.165) is 30.1 Å². The van der Waals surface area contributed by atoms with Gasteiger partial charge in [-0.2, -0.15) is 0 Å². The van der Waals surface area contributed by atoms with Crippen LogP contribution in [0.15, 0.2) is 18.2 Å². The van der Waals surface area contributed by atoms with E-state index in [-0.39, 0.29) is 5.82 Å². The topological polar surface area (TPSA) is 29.3 Å². The number of halogens is 1.